The minimum absolute atomic E-state index is 0.0699. The number of aliphatic hydroxyl groups is 1. The van der Waals surface area contributed by atoms with Gasteiger partial charge >= 0.3 is 6.18 Å². The molecule has 0 saturated carbocycles. The Kier molecular flexibility index (Phi) is 4.31. The molecule has 0 aliphatic heterocycles. The minimum Gasteiger partial charge on any atom is -0.384 e. The highest BCUT2D eigenvalue weighted by molar-refractivity contribution is 7.18. The molecule has 144 valence electrons. The molecule has 3 N–H and O–H groups in total. The standard InChI is InChI=1S/C18H14F3N5OS/c19-18(20,21)17(27,16-25-13-6-1-2-7-14(13)28-16)12-9-24-26(15(12)22)10-11-5-3-4-8-23-11/h1-9,27H,10,22H2/t17-/m1/s1. The Labute approximate surface area is 161 Å². The van der Waals surface area contributed by atoms with Crippen molar-refractivity contribution < 1.29 is 18.3 Å². The van der Waals surface area contributed by atoms with Gasteiger partial charge in [0.1, 0.15) is 10.8 Å². The Hall–Kier alpha value is -2.98. The van der Waals surface area contributed by atoms with Gasteiger partial charge in [0.2, 0.25) is 5.60 Å². The number of aromatic nitrogens is 4. The maximum Gasteiger partial charge on any atom is 0.428 e. The summed E-state index contributed by atoms with van der Waals surface area (Å²) in [7, 11) is 0. The van der Waals surface area contributed by atoms with Gasteiger partial charge in [-0.1, -0.05) is 18.2 Å². The number of nitrogens with zero attached hydrogens (tertiary/aromatic N) is 4. The van der Waals surface area contributed by atoms with Crippen molar-refractivity contribution in [2.24, 2.45) is 0 Å². The number of hydrogen-bond donors (Lipinski definition) is 2. The van der Waals surface area contributed by atoms with Gasteiger partial charge in [-0.25, -0.2) is 9.67 Å². The maximum absolute atomic E-state index is 14.0. The normalized spacial score (nSPS) is 14.3. The molecule has 0 amide bonds. The van der Waals surface area contributed by atoms with Crippen molar-refractivity contribution in [3.8, 4) is 0 Å². The van der Waals surface area contributed by atoms with Crippen LogP contribution in [0.2, 0.25) is 0 Å². The Morgan fingerprint density at radius 2 is 1.86 bits per heavy atom. The number of nitrogen functional groups attached to an aromatic ring is 1. The molecule has 1 atom stereocenters. The van der Waals surface area contributed by atoms with Crippen LogP contribution in [-0.4, -0.2) is 31.0 Å². The van der Waals surface area contributed by atoms with Crippen LogP contribution in [0.1, 0.15) is 16.3 Å². The second kappa shape index (κ2) is 6.57. The summed E-state index contributed by atoms with van der Waals surface area (Å²) >= 11 is 0.762. The second-order valence-corrected chi connectivity index (χ2v) is 7.15. The fraction of sp³-hybridized carbons (Fsp3) is 0.167. The van der Waals surface area contributed by atoms with Gasteiger partial charge in [0.05, 0.1) is 34.2 Å². The van der Waals surface area contributed by atoms with Crippen molar-refractivity contribution in [1.29, 1.82) is 0 Å². The zero-order chi connectivity index (χ0) is 19.9. The molecule has 0 fully saturated rings. The first-order chi connectivity index (χ1) is 13.3. The molecule has 28 heavy (non-hydrogen) atoms. The number of benzene rings is 1. The number of hydrogen-bond acceptors (Lipinski definition) is 6. The lowest BCUT2D eigenvalue weighted by Gasteiger charge is -2.28. The lowest BCUT2D eigenvalue weighted by Crippen LogP contribution is -2.43. The number of nitrogens with two attached hydrogens (primary N) is 1. The lowest BCUT2D eigenvalue weighted by molar-refractivity contribution is -0.248. The third-order valence-corrected chi connectivity index (χ3v) is 5.47. The van der Waals surface area contributed by atoms with Gasteiger partial charge in [0, 0.05) is 6.20 Å². The second-order valence-electron chi connectivity index (χ2n) is 6.12. The first kappa shape index (κ1) is 18.4. The molecular weight excluding hydrogens is 391 g/mol. The molecule has 3 aromatic heterocycles. The summed E-state index contributed by atoms with van der Waals surface area (Å²) in [5, 5.41) is 14.3. The lowest BCUT2D eigenvalue weighted by atomic mass is 9.96. The van der Waals surface area contributed by atoms with Crippen LogP contribution in [0.15, 0.2) is 54.9 Å². The van der Waals surface area contributed by atoms with Gasteiger partial charge < -0.3 is 10.8 Å². The van der Waals surface area contributed by atoms with E-state index in [0.717, 1.165) is 17.5 Å². The third-order valence-electron chi connectivity index (χ3n) is 4.32. The highest BCUT2D eigenvalue weighted by Crippen LogP contribution is 2.48. The molecule has 4 aromatic rings. The van der Waals surface area contributed by atoms with Crippen LogP contribution in [0.3, 0.4) is 0 Å². The highest BCUT2D eigenvalue weighted by Gasteiger charge is 2.60. The number of para-hydroxylation sites is 1. The minimum atomic E-state index is -5.05. The van der Waals surface area contributed by atoms with Crippen LogP contribution in [-0.2, 0) is 12.1 Å². The third kappa shape index (κ3) is 2.90. The van der Waals surface area contributed by atoms with Gasteiger partial charge in [-0.05, 0) is 24.3 Å². The smallest absolute Gasteiger partial charge is 0.384 e. The summed E-state index contributed by atoms with van der Waals surface area (Å²) in [6.45, 7) is 0.0699. The van der Waals surface area contributed by atoms with Crippen molar-refractivity contribution in [3.05, 3.63) is 71.1 Å². The molecule has 0 aliphatic carbocycles. The fourth-order valence-corrected chi connectivity index (χ4v) is 3.95. The molecule has 4 rings (SSSR count). The van der Waals surface area contributed by atoms with Crippen LogP contribution >= 0.6 is 11.3 Å². The summed E-state index contributed by atoms with van der Waals surface area (Å²) in [5.41, 5.74) is 2.96. The highest BCUT2D eigenvalue weighted by atomic mass is 32.1. The van der Waals surface area contributed by atoms with E-state index in [4.69, 9.17) is 5.73 Å². The summed E-state index contributed by atoms with van der Waals surface area (Å²) < 4.78 is 43.8. The van der Waals surface area contributed by atoms with Crippen molar-refractivity contribution in [1.82, 2.24) is 19.7 Å². The molecule has 6 nitrogen and oxygen atoms in total. The largest absolute Gasteiger partial charge is 0.428 e. The number of fused-ring (bicyclic) bond motifs is 1. The molecule has 0 spiro atoms. The van der Waals surface area contributed by atoms with Crippen molar-refractivity contribution in [2.75, 3.05) is 5.73 Å². The summed E-state index contributed by atoms with van der Waals surface area (Å²) in [4.78, 5) is 8.12. The van der Waals surface area contributed by atoms with E-state index in [0.29, 0.717) is 15.9 Å². The first-order valence-electron chi connectivity index (χ1n) is 8.17. The predicted molar refractivity (Wildman–Crippen MR) is 98.7 cm³/mol. The number of alkyl halides is 3. The number of pyridine rings is 1. The van der Waals surface area contributed by atoms with Crippen LogP contribution in [0, 0.1) is 0 Å². The number of thiazole rings is 1. The van der Waals surface area contributed by atoms with E-state index < -0.39 is 22.3 Å². The zero-order valence-electron chi connectivity index (χ0n) is 14.3. The molecule has 0 aliphatic rings. The van der Waals surface area contributed by atoms with Gasteiger partial charge in [-0.2, -0.15) is 18.3 Å². The van der Waals surface area contributed by atoms with Gasteiger partial charge in [0.15, 0.2) is 0 Å². The summed E-state index contributed by atoms with van der Waals surface area (Å²) in [6.07, 6.45) is -2.56. The van der Waals surface area contributed by atoms with Crippen LogP contribution < -0.4 is 5.73 Å². The van der Waals surface area contributed by atoms with E-state index in [1.807, 2.05) is 0 Å². The fourth-order valence-electron chi connectivity index (χ4n) is 2.86. The molecule has 0 radical (unpaired) electrons. The van der Waals surface area contributed by atoms with Crippen LogP contribution in [0.5, 0.6) is 0 Å². The van der Waals surface area contributed by atoms with Crippen molar-refractivity contribution in [3.63, 3.8) is 0 Å². The molecule has 3 heterocycles. The Bertz CT molecular complexity index is 1090. The zero-order valence-corrected chi connectivity index (χ0v) is 15.1. The SMILES string of the molecule is Nc1c([C@@](O)(c2nc3ccccc3s2)C(F)(F)F)cnn1Cc1ccccn1. The van der Waals surface area contributed by atoms with Crippen molar-refractivity contribution >= 4 is 27.4 Å². The first-order valence-corrected chi connectivity index (χ1v) is 8.99. The predicted octanol–water partition coefficient (Wildman–Crippen LogP) is 3.32. The average Bonchev–Trinajstić information content (AvgIpc) is 3.26. The van der Waals surface area contributed by atoms with E-state index in [1.165, 1.54) is 4.68 Å². The molecule has 0 saturated heterocycles. The average molecular weight is 405 g/mol. The van der Waals surface area contributed by atoms with E-state index in [9.17, 15) is 18.3 Å². The molecule has 0 unspecified atom stereocenters. The number of halogens is 3. The Morgan fingerprint density at radius 1 is 1.11 bits per heavy atom. The summed E-state index contributed by atoms with van der Waals surface area (Å²) in [5.74, 6) is -0.301. The Morgan fingerprint density at radius 3 is 2.54 bits per heavy atom. The van der Waals surface area contributed by atoms with Gasteiger partial charge in [-0.15, -0.1) is 11.3 Å². The van der Waals surface area contributed by atoms with E-state index in [-0.39, 0.29) is 12.4 Å². The van der Waals surface area contributed by atoms with Crippen LogP contribution in [0.4, 0.5) is 19.0 Å². The maximum atomic E-state index is 14.0. The van der Waals surface area contributed by atoms with E-state index in [2.05, 4.69) is 15.1 Å². The van der Waals surface area contributed by atoms with Gasteiger partial charge in [-0.3, -0.25) is 4.98 Å². The summed E-state index contributed by atoms with van der Waals surface area (Å²) in [6, 6.07) is 11.7. The molecule has 1 aromatic carbocycles. The molecule has 10 heteroatoms. The van der Waals surface area contributed by atoms with Crippen LogP contribution in [0.25, 0.3) is 10.2 Å². The quantitative estimate of drug-likeness (QED) is 0.544. The topological polar surface area (TPSA) is 89.9 Å². The molecule has 0 bridgehead atoms. The van der Waals surface area contributed by atoms with Gasteiger partial charge in [0.25, 0.3) is 0 Å². The molecular formula is C18H14F3N5OS. The van der Waals surface area contributed by atoms with E-state index in [1.54, 1.807) is 48.7 Å². The Balaban J connectivity index is 1.83. The monoisotopic (exact) mass is 405 g/mol. The van der Waals surface area contributed by atoms with Crippen molar-refractivity contribution in [2.45, 2.75) is 18.3 Å². The number of rotatable bonds is 4. The number of anilines is 1. The van der Waals surface area contributed by atoms with E-state index >= 15 is 0 Å².